The third kappa shape index (κ3) is 3.56. The van der Waals surface area contributed by atoms with Crippen LogP contribution in [0.5, 0.6) is 0 Å². The number of nitrogens with one attached hydrogen (secondary N) is 1. The second-order valence-electron chi connectivity index (χ2n) is 6.37. The van der Waals surface area contributed by atoms with Gasteiger partial charge in [0.05, 0.1) is 0 Å². The molecule has 1 saturated heterocycles. The number of hydrogen-bond acceptors (Lipinski definition) is 3. The van der Waals surface area contributed by atoms with Gasteiger partial charge in [-0.25, -0.2) is 0 Å². The molecule has 1 heterocycles. The summed E-state index contributed by atoms with van der Waals surface area (Å²) in [5.41, 5.74) is 7.29. The Labute approximate surface area is 127 Å². The van der Waals surface area contributed by atoms with Gasteiger partial charge < -0.3 is 16.0 Å². The molecule has 2 rings (SSSR count). The van der Waals surface area contributed by atoms with E-state index in [9.17, 15) is 4.79 Å². The van der Waals surface area contributed by atoms with E-state index in [0.717, 1.165) is 43.6 Å². The molecule has 1 unspecified atom stereocenters. The number of hydrogen-bond donors (Lipinski definition) is 2. The van der Waals surface area contributed by atoms with Crippen LogP contribution in [0.2, 0.25) is 0 Å². The SMILES string of the molecule is Cc1ccccc1NC1(C(N)=O)CCCN(C(C)C)CC1. The number of aryl methyl sites for hydroxylation is 1. The lowest BCUT2D eigenvalue weighted by Crippen LogP contribution is -2.51. The maximum atomic E-state index is 12.2. The van der Waals surface area contributed by atoms with Crippen molar-refractivity contribution in [1.29, 1.82) is 0 Å². The van der Waals surface area contributed by atoms with Crippen LogP contribution in [-0.2, 0) is 4.79 Å². The smallest absolute Gasteiger partial charge is 0.243 e. The molecule has 0 saturated carbocycles. The summed E-state index contributed by atoms with van der Waals surface area (Å²) in [4.78, 5) is 14.6. The second-order valence-corrected chi connectivity index (χ2v) is 6.37. The van der Waals surface area contributed by atoms with Crippen LogP contribution in [0.1, 0.15) is 38.7 Å². The summed E-state index contributed by atoms with van der Waals surface area (Å²) < 4.78 is 0. The molecule has 0 aliphatic carbocycles. The minimum Gasteiger partial charge on any atom is -0.371 e. The Morgan fingerprint density at radius 1 is 1.29 bits per heavy atom. The first-order chi connectivity index (χ1) is 9.94. The Morgan fingerprint density at radius 3 is 2.62 bits per heavy atom. The molecule has 0 radical (unpaired) electrons. The van der Waals surface area contributed by atoms with Gasteiger partial charge in [-0.1, -0.05) is 18.2 Å². The molecule has 21 heavy (non-hydrogen) atoms. The fourth-order valence-corrected chi connectivity index (χ4v) is 3.08. The Kier molecular flexibility index (Phi) is 4.88. The van der Waals surface area contributed by atoms with Gasteiger partial charge in [-0.15, -0.1) is 0 Å². The molecule has 1 amide bonds. The number of carbonyl (C=O) groups excluding carboxylic acids is 1. The second kappa shape index (κ2) is 6.48. The average Bonchev–Trinajstić information content (AvgIpc) is 2.65. The van der Waals surface area contributed by atoms with E-state index < -0.39 is 5.54 Å². The van der Waals surface area contributed by atoms with E-state index in [0.29, 0.717) is 6.04 Å². The van der Waals surface area contributed by atoms with Crippen LogP contribution in [0.15, 0.2) is 24.3 Å². The molecule has 0 aromatic heterocycles. The van der Waals surface area contributed by atoms with Crippen molar-refractivity contribution >= 4 is 11.6 Å². The molecular weight excluding hydrogens is 262 g/mol. The third-order valence-corrected chi connectivity index (χ3v) is 4.60. The average molecular weight is 289 g/mol. The first-order valence-electron chi connectivity index (χ1n) is 7.82. The van der Waals surface area contributed by atoms with Crippen molar-refractivity contribution in [1.82, 2.24) is 4.90 Å². The molecular formula is C17H27N3O. The molecule has 4 nitrogen and oxygen atoms in total. The summed E-state index contributed by atoms with van der Waals surface area (Å²) in [5, 5.41) is 3.46. The summed E-state index contributed by atoms with van der Waals surface area (Å²) in [6.45, 7) is 8.38. The molecule has 1 fully saturated rings. The third-order valence-electron chi connectivity index (χ3n) is 4.60. The summed E-state index contributed by atoms with van der Waals surface area (Å²) in [6.07, 6.45) is 2.54. The van der Waals surface area contributed by atoms with Gasteiger partial charge >= 0.3 is 0 Å². The number of anilines is 1. The van der Waals surface area contributed by atoms with Gasteiger partial charge in [0, 0.05) is 18.3 Å². The lowest BCUT2D eigenvalue weighted by molar-refractivity contribution is -0.122. The van der Waals surface area contributed by atoms with E-state index in [2.05, 4.69) is 24.1 Å². The van der Waals surface area contributed by atoms with Crippen molar-refractivity contribution in [2.75, 3.05) is 18.4 Å². The first kappa shape index (κ1) is 15.8. The highest BCUT2D eigenvalue weighted by Gasteiger charge is 2.38. The first-order valence-corrected chi connectivity index (χ1v) is 7.82. The van der Waals surface area contributed by atoms with Crippen LogP contribution in [0, 0.1) is 6.92 Å². The quantitative estimate of drug-likeness (QED) is 0.895. The highest BCUT2D eigenvalue weighted by atomic mass is 16.1. The van der Waals surface area contributed by atoms with E-state index in [1.807, 2.05) is 31.2 Å². The standard InChI is InChI=1S/C17H27N3O/c1-13(2)20-11-6-9-17(10-12-20,16(18)21)19-15-8-5-4-7-14(15)3/h4-5,7-8,13,19H,6,9-12H2,1-3H3,(H2,18,21). The topological polar surface area (TPSA) is 58.4 Å². The summed E-state index contributed by atoms with van der Waals surface area (Å²) in [6, 6.07) is 8.57. The summed E-state index contributed by atoms with van der Waals surface area (Å²) in [7, 11) is 0. The lowest BCUT2D eigenvalue weighted by Gasteiger charge is -2.33. The van der Waals surface area contributed by atoms with Gasteiger partial charge in [-0.2, -0.15) is 0 Å². The molecule has 1 atom stereocenters. The Hall–Kier alpha value is -1.55. The highest BCUT2D eigenvalue weighted by molar-refractivity contribution is 5.88. The molecule has 3 N–H and O–H groups in total. The van der Waals surface area contributed by atoms with Crippen LogP contribution in [0.25, 0.3) is 0 Å². The maximum absolute atomic E-state index is 12.2. The number of likely N-dealkylation sites (tertiary alicyclic amines) is 1. The zero-order valence-electron chi connectivity index (χ0n) is 13.4. The van der Waals surface area contributed by atoms with Gasteiger partial charge in [0.1, 0.15) is 5.54 Å². The number of carbonyl (C=O) groups is 1. The minimum absolute atomic E-state index is 0.239. The number of amides is 1. The van der Waals surface area contributed by atoms with Gasteiger partial charge in [-0.05, 0) is 58.2 Å². The van der Waals surface area contributed by atoms with Crippen LogP contribution >= 0.6 is 0 Å². The van der Waals surface area contributed by atoms with Crippen LogP contribution in [0.3, 0.4) is 0 Å². The van der Waals surface area contributed by atoms with Gasteiger partial charge in [0.2, 0.25) is 5.91 Å². The molecule has 4 heteroatoms. The number of rotatable bonds is 4. The van der Waals surface area contributed by atoms with Crippen molar-refractivity contribution in [2.24, 2.45) is 5.73 Å². The van der Waals surface area contributed by atoms with Crippen molar-refractivity contribution in [3.63, 3.8) is 0 Å². The van der Waals surface area contributed by atoms with E-state index in [-0.39, 0.29) is 5.91 Å². The zero-order chi connectivity index (χ0) is 15.5. The van der Waals surface area contributed by atoms with Gasteiger partial charge in [-0.3, -0.25) is 4.79 Å². The predicted molar refractivity (Wildman–Crippen MR) is 87.3 cm³/mol. The number of benzene rings is 1. The van der Waals surface area contributed by atoms with Crippen molar-refractivity contribution in [3.8, 4) is 0 Å². The number of nitrogens with zero attached hydrogens (tertiary/aromatic N) is 1. The highest BCUT2D eigenvalue weighted by Crippen LogP contribution is 2.29. The predicted octanol–water partition coefficient (Wildman–Crippen LogP) is 2.53. The van der Waals surface area contributed by atoms with Crippen molar-refractivity contribution < 1.29 is 4.79 Å². The molecule has 116 valence electrons. The van der Waals surface area contributed by atoms with E-state index in [1.165, 1.54) is 0 Å². The molecule has 1 aromatic carbocycles. The number of primary amides is 1. The summed E-state index contributed by atoms with van der Waals surface area (Å²) in [5.74, 6) is -0.239. The largest absolute Gasteiger partial charge is 0.371 e. The minimum atomic E-state index is -0.629. The number of para-hydroxylation sites is 1. The van der Waals surface area contributed by atoms with Crippen LogP contribution in [0.4, 0.5) is 5.69 Å². The molecule has 0 spiro atoms. The summed E-state index contributed by atoms with van der Waals surface area (Å²) >= 11 is 0. The zero-order valence-corrected chi connectivity index (χ0v) is 13.4. The fourth-order valence-electron chi connectivity index (χ4n) is 3.08. The monoisotopic (exact) mass is 289 g/mol. The Balaban J connectivity index is 2.21. The van der Waals surface area contributed by atoms with Gasteiger partial charge in [0.25, 0.3) is 0 Å². The van der Waals surface area contributed by atoms with Crippen LogP contribution < -0.4 is 11.1 Å². The molecule has 1 aliphatic rings. The normalized spacial score (nSPS) is 23.8. The van der Waals surface area contributed by atoms with Crippen LogP contribution in [-0.4, -0.2) is 35.5 Å². The van der Waals surface area contributed by atoms with Crippen molar-refractivity contribution in [3.05, 3.63) is 29.8 Å². The Morgan fingerprint density at radius 2 is 2.00 bits per heavy atom. The number of nitrogens with two attached hydrogens (primary N) is 1. The lowest BCUT2D eigenvalue weighted by atomic mass is 9.89. The molecule has 1 aliphatic heterocycles. The maximum Gasteiger partial charge on any atom is 0.243 e. The van der Waals surface area contributed by atoms with Gasteiger partial charge in [0.15, 0.2) is 0 Å². The fraction of sp³-hybridized carbons (Fsp3) is 0.588. The van der Waals surface area contributed by atoms with E-state index in [4.69, 9.17) is 5.73 Å². The Bertz CT molecular complexity index is 501. The molecule has 1 aromatic rings. The van der Waals surface area contributed by atoms with E-state index in [1.54, 1.807) is 0 Å². The van der Waals surface area contributed by atoms with Crippen molar-refractivity contribution in [2.45, 2.75) is 51.6 Å². The molecule has 0 bridgehead atoms. The van der Waals surface area contributed by atoms with E-state index >= 15 is 0 Å².